The molecule has 0 aliphatic rings. The third-order valence-electron chi connectivity index (χ3n) is 3.29. The quantitative estimate of drug-likeness (QED) is 0.691. The van der Waals surface area contributed by atoms with Crippen molar-refractivity contribution in [2.24, 2.45) is 0 Å². The number of nitrogens with one attached hydrogen (secondary N) is 2. The number of thiazole rings is 1. The number of nitrogens with zero attached hydrogens (tertiary/aromatic N) is 1. The van der Waals surface area contributed by atoms with Gasteiger partial charge in [-0.1, -0.05) is 24.3 Å². The lowest BCUT2D eigenvalue weighted by Crippen LogP contribution is -2.41. The maximum absolute atomic E-state index is 12.2. The summed E-state index contributed by atoms with van der Waals surface area (Å²) in [6.07, 6.45) is 0. The van der Waals surface area contributed by atoms with Gasteiger partial charge in [0.1, 0.15) is 12.4 Å². The Kier molecular flexibility index (Phi) is 5.38. The van der Waals surface area contributed by atoms with Crippen molar-refractivity contribution in [1.82, 2.24) is 15.8 Å². The van der Waals surface area contributed by atoms with E-state index in [4.69, 9.17) is 4.74 Å². The predicted octanol–water partition coefficient (Wildman–Crippen LogP) is 2.80. The number of rotatable bonds is 5. The average Bonchev–Trinajstić information content (AvgIpc) is 3.19. The van der Waals surface area contributed by atoms with Gasteiger partial charge in [-0.3, -0.25) is 20.4 Å². The number of hydrazine groups is 1. The van der Waals surface area contributed by atoms with E-state index in [1.165, 1.54) is 11.3 Å². The maximum Gasteiger partial charge on any atom is 0.269 e. The molecule has 1 heterocycles. The lowest BCUT2D eigenvalue weighted by atomic mass is 10.2. The van der Waals surface area contributed by atoms with E-state index >= 15 is 0 Å². The van der Waals surface area contributed by atoms with E-state index < -0.39 is 5.91 Å². The SMILES string of the molecule is O=C(NNC(=O)c1cccc(OCc2cscn2)c1)c1ccccc1. The Morgan fingerprint density at radius 1 is 0.960 bits per heavy atom. The topological polar surface area (TPSA) is 80.3 Å². The second-order valence-corrected chi connectivity index (χ2v) is 5.79. The molecule has 0 saturated heterocycles. The molecule has 2 amide bonds. The fourth-order valence-electron chi connectivity index (χ4n) is 2.04. The van der Waals surface area contributed by atoms with Crippen LogP contribution in [0.1, 0.15) is 26.4 Å². The molecule has 0 fully saturated rings. The van der Waals surface area contributed by atoms with Gasteiger partial charge in [-0.2, -0.15) is 0 Å². The lowest BCUT2D eigenvalue weighted by molar-refractivity contribution is 0.0846. The van der Waals surface area contributed by atoms with Crippen molar-refractivity contribution in [3.05, 3.63) is 82.3 Å². The van der Waals surface area contributed by atoms with Crippen LogP contribution in [0.25, 0.3) is 0 Å². The van der Waals surface area contributed by atoms with E-state index in [1.807, 2.05) is 11.4 Å². The van der Waals surface area contributed by atoms with Crippen LogP contribution in [-0.2, 0) is 6.61 Å². The Balaban J connectivity index is 1.56. The Morgan fingerprint density at radius 3 is 2.40 bits per heavy atom. The molecule has 3 aromatic rings. The van der Waals surface area contributed by atoms with Gasteiger partial charge in [0, 0.05) is 16.5 Å². The number of hydrogen-bond donors (Lipinski definition) is 2. The zero-order chi connectivity index (χ0) is 17.5. The normalized spacial score (nSPS) is 10.1. The van der Waals surface area contributed by atoms with E-state index in [0.29, 0.717) is 23.5 Å². The summed E-state index contributed by atoms with van der Waals surface area (Å²) in [6.45, 7) is 0.333. The first-order chi connectivity index (χ1) is 12.2. The average molecular weight is 353 g/mol. The molecular formula is C18H15N3O3S. The standard InChI is InChI=1S/C18H15N3O3S/c22-17(13-5-2-1-3-6-13)20-21-18(23)14-7-4-8-16(9-14)24-10-15-11-25-12-19-15/h1-9,11-12H,10H2,(H,20,22)(H,21,23). The highest BCUT2D eigenvalue weighted by atomic mass is 32.1. The van der Waals surface area contributed by atoms with Gasteiger partial charge in [-0.15, -0.1) is 11.3 Å². The molecule has 0 atom stereocenters. The Hall–Kier alpha value is -3.19. The summed E-state index contributed by atoms with van der Waals surface area (Å²) < 4.78 is 5.61. The van der Waals surface area contributed by atoms with Gasteiger partial charge in [0.2, 0.25) is 0 Å². The van der Waals surface area contributed by atoms with Crippen LogP contribution in [0.15, 0.2) is 65.5 Å². The van der Waals surface area contributed by atoms with Crippen molar-refractivity contribution < 1.29 is 14.3 Å². The van der Waals surface area contributed by atoms with E-state index in [-0.39, 0.29) is 5.91 Å². The van der Waals surface area contributed by atoms with Crippen molar-refractivity contribution in [2.45, 2.75) is 6.61 Å². The van der Waals surface area contributed by atoms with E-state index in [0.717, 1.165) is 5.69 Å². The van der Waals surface area contributed by atoms with Crippen molar-refractivity contribution in [1.29, 1.82) is 0 Å². The minimum atomic E-state index is -0.427. The highest BCUT2D eigenvalue weighted by Gasteiger charge is 2.09. The smallest absolute Gasteiger partial charge is 0.269 e. The van der Waals surface area contributed by atoms with Gasteiger partial charge in [-0.05, 0) is 30.3 Å². The first kappa shape index (κ1) is 16.7. The van der Waals surface area contributed by atoms with Gasteiger partial charge in [-0.25, -0.2) is 4.98 Å². The minimum absolute atomic E-state index is 0.333. The summed E-state index contributed by atoms with van der Waals surface area (Å²) in [5.74, 6) is -0.261. The minimum Gasteiger partial charge on any atom is -0.487 e. The van der Waals surface area contributed by atoms with Crippen LogP contribution in [0.2, 0.25) is 0 Å². The number of hydrogen-bond acceptors (Lipinski definition) is 5. The monoisotopic (exact) mass is 353 g/mol. The molecule has 0 aliphatic carbocycles. The fourth-order valence-corrected chi connectivity index (χ4v) is 2.58. The Morgan fingerprint density at radius 2 is 1.68 bits per heavy atom. The van der Waals surface area contributed by atoms with Gasteiger partial charge in [0.05, 0.1) is 11.2 Å². The van der Waals surface area contributed by atoms with Crippen LogP contribution in [0.3, 0.4) is 0 Å². The van der Waals surface area contributed by atoms with Gasteiger partial charge in [0.25, 0.3) is 11.8 Å². The summed E-state index contributed by atoms with van der Waals surface area (Å²) in [6, 6.07) is 15.3. The first-order valence-electron chi connectivity index (χ1n) is 7.48. The zero-order valence-electron chi connectivity index (χ0n) is 13.1. The first-order valence-corrected chi connectivity index (χ1v) is 8.42. The van der Waals surface area contributed by atoms with Crippen molar-refractivity contribution in [3.8, 4) is 5.75 Å². The molecule has 25 heavy (non-hydrogen) atoms. The number of benzene rings is 2. The number of carbonyl (C=O) groups is 2. The molecule has 0 radical (unpaired) electrons. The molecule has 6 nitrogen and oxygen atoms in total. The van der Waals surface area contributed by atoms with Gasteiger partial charge < -0.3 is 4.74 Å². The van der Waals surface area contributed by atoms with Crippen molar-refractivity contribution in [3.63, 3.8) is 0 Å². The molecule has 2 N–H and O–H groups in total. The van der Waals surface area contributed by atoms with Gasteiger partial charge in [0.15, 0.2) is 0 Å². The van der Waals surface area contributed by atoms with Crippen LogP contribution in [0.4, 0.5) is 0 Å². The highest BCUT2D eigenvalue weighted by molar-refractivity contribution is 7.07. The maximum atomic E-state index is 12.2. The third kappa shape index (κ3) is 4.65. The van der Waals surface area contributed by atoms with Crippen LogP contribution in [0, 0.1) is 0 Å². The lowest BCUT2D eigenvalue weighted by Gasteiger charge is -2.09. The van der Waals surface area contributed by atoms with E-state index in [1.54, 1.807) is 54.0 Å². The number of ether oxygens (including phenoxy) is 1. The molecule has 1 aromatic heterocycles. The molecule has 0 unspecified atom stereocenters. The summed E-state index contributed by atoms with van der Waals surface area (Å²) in [4.78, 5) is 28.2. The molecule has 3 rings (SSSR count). The second-order valence-electron chi connectivity index (χ2n) is 5.07. The second kappa shape index (κ2) is 8.07. The van der Waals surface area contributed by atoms with Crippen LogP contribution in [-0.4, -0.2) is 16.8 Å². The van der Waals surface area contributed by atoms with Crippen molar-refractivity contribution in [2.75, 3.05) is 0 Å². The van der Waals surface area contributed by atoms with Crippen LogP contribution >= 0.6 is 11.3 Å². The molecule has 0 saturated carbocycles. The van der Waals surface area contributed by atoms with Crippen LogP contribution < -0.4 is 15.6 Å². The van der Waals surface area contributed by atoms with Crippen LogP contribution in [0.5, 0.6) is 5.75 Å². The summed E-state index contributed by atoms with van der Waals surface area (Å²) in [5.41, 5.74) is 8.18. The summed E-state index contributed by atoms with van der Waals surface area (Å²) in [7, 11) is 0. The summed E-state index contributed by atoms with van der Waals surface area (Å²) >= 11 is 1.49. The fraction of sp³-hybridized carbons (Fsp3) is 0.0556. The Labute approximate surface area is 148 Å². The highest BCUT2D eigenvalue weighted by Crippen LogP contribution is 2.15. The molecule has 0 bridgehead atoms. The van der Waals surface area contributed by atoms with Gasteiger partial charge >= 0.3 is 0 Å². The molecule has 126 valence electrons. The molecule has 0 aliphatic heterocycles. The number of amides is 2. The Bertz CT molecular complexity index is 851. The zero-order valence-corrected chi connectivity index (χ0v) is 14.0. The van der Waals surface area contributed by atoms with Crippen molar-refractivity contribution >= 4 is 23.2 Å². The summed E-state index contributed by atoms with van der Waals surface area (Å²) in [5, 5.41) is 1.90. The van der Waals surface area contributed by atoms with E-state index in [2.05, 4.69) is 15.8 Å². The largest absolute Gasteiger partial charge is 0.487 e. The molecule has 0 spiro atoms. The van der Waals surface area contributed by atoms with E-state index in [9.17, 15) is 9.59 Å². The number of carbonyl (C=O) groups excluding carboxylic acids is 2. The number of aromatic nitrogens is 1. The molecular weight excluding hydrogens is 338 g/mol. The molecule has 2 aromatic carbocycles. The predicted molar refractivity (Wildman–Crippen MR) is 94.3 cm³/mol. The molecule has 7 heteroatoms. The third-order valence-corrected chi connectivity index (χ3v) is 3.93.